The van der Waals surface area contributed by atoms with E-state index in [-0.39, 0.29) is 5.78 Å². The predicted octanol–water partition coefficient (Wildman–Crippen LogP) is 0.658. The van der Waals surface area contributed by atoms with Gasteiger partial charge in [0.15, 0.2) is 5.78 Å². The monoisotopic (exact) mass is 206 g/mol. The van der Waals surface area contributed by atoms with Crippen molar-refractivity contribution in [1.82, 2.24) is 0 Å². The molecule has 0 saturated heterocycles. The fourth-order valence-electron chi connectivity index (χ4n) is 1.51. The standard InChI is InChI=1S/C11H15BO3/c1-3-4-11(13)9-5-6-10(12(14)15)8(2)7-9/h5-7,14-15H,3-4H2,1-2H3. The first kappa shape index (κ1) is 11.9. The van der Waals surface area contributed by atoms with Crippen LogP contribution in [0.2, 0.25) is 0 Å². The van der Waals surface area contributed by atoms with Crippen LogP contribution < -0.4 is 5.46 Å². The van der Waals surface area contributed by atoms with Gasteiger partial charge in [-0.25, -0.2) is 0 Å². The van der Waals surface area contributed by atoms with Gasteiger partial charge in [0.25, 0.3) is 0 Å². The fourth-order valence-corrected chi connectivity index (χ4v) is 1.51. The first-order chi connectivity index (χ1) is 7.06. The van der Waals surface area contributed by atoms with E-state index < -0.39 is 7.12 Å². The third-order valence-electron chi connectivity index (χ3n) is 2.35. The minimum absolute atomic E-state index is 0.0968. The second-order valence-electron chi connectivity index (χ2n) is 3.62. The van der Waals surface area contributed by atoms with Gasteiger partial charge in [0.2, 0.25) is 0 Å². The van der Waals surface area contributed by atoms with E-state index in [4.69, 9.17) is 10.0 Å². The average molecular weight is 206 g/mol. The Bertz CT molecular complexity index is 361. The number of ketones is 1. The third kappa shape index (κ3) is 2.91. The van der Waals surface area contributed by atoms with Crippen LogP contribution in [0.5, 0.6) is 0 Å². The Morgan fingerprint density at radius 1 is 1.40 bits per heavy atom. The maximum atomic E-state index is 11.6. The lowest BCUT2D eigenvalue weighted by Gasteiger charge is -2.06. The summed E-state index contributed by atoms with van der Waals surface area (Å²) in [5, 5.41) is 18.0. The Balaban J connectivity index is 2.96. The molecule has 0 aliphatic carbocycles. The highest BCUT2D eigenvalue weighted by Gasteiger charge is 2.15. The summed E-state index contributed by atoms with van der Waals surface area (Å²) >= 11 is 0. The molecule has 80 valence electrons. The van der Waals surface area contributed by atoms with Gasteiger partial charge >= 0.3 is 7.12 Å². The van der Waals surface area contributed by atoms with Gasteiger partial charge in [-0.1, -0.05) is 24.6 Å². The van der Waals surface area contributed by atoms with E-state index >= 15 is 0 Å². The predicted molar refractivity (Wildman–Crippen MR) is 60.2 cm³/mol. The molecule has 0 fully saturated rings. The van der Waals surface area contributed by atoms with Crippen LogP contribution in [-0.2, 0) is 0 Å². The highest BCUT2D eigenvalue weighted by molar-refractivity contribution is 6.59. The number of benzene rings is 1. The Morgan fingerprint density at radius 3 is 2.53 bits per heavy atom. The summed E-state index contributed by atoms with van der Waals surface area (Å²) in [5.74, 6) is 0.0968. The first-order valence-corrected chi connectivity index (χ1v) is 5.06. The number of aryl methyl sites for hydroxylation is 1. The van der Waals surface area contributed by atoms with E-state index in [2.05, 4.69) is 0 Å². The van der Waals surface area contributed by atoms with Crippen LogP contribution in [0, 0.1) is 6.92 Å². The summed E-state index contributed by atoms with van der Waals surface area (Å²) in [4.78, 5) is 11.6. The number of carbonyl (C=O) groups is 1. The smallest absolute Gasteiger partial charge is 0.423 e. The minimum atomic E-state index is -1.47. The summed E-state index contributed by atoms with van der Waals surface area (Å²) in [5.41, 5.74) is 1.81. The van der Waals surface area contributed by atoms with E-state index in [1.165, 1.54) is 0 Å². The maximum Gasteiger partial charge on any atom is 0.488 e. The molecule has 0 saturated carbocycles. The van der Waals surface area contributed by atoms with Crippen LogP contribution in [0.15, 0.2) is 18.2 Å². The lowest BCUT2D eigenvalue weighted by Crippen LogP contribution is -2.32. The Morgan fingerprint density at radius 2 is 2.07 bits per heavy atom. The highest BCUT2D eigenvalue weighted by atomic mass is 16.4. The first-order valence-electron chi connectivity index (χ1n) is 5.06. The topological polar surface area (TPSA) is 57.5 Å². The van der Waals surface area contributed by atoms with Crippen LogP contribution >= 0.6 is 0 Å². The van der Waals surface area contributed by atoms with Gasteiger partial charge in [-0.15, -0.1) is 0 Å². The van der Waals surface area contributed by atoms with Crippen molar-refractivity contribution in [2.75, 3.05) is 0 Å². The van der Waals surface area contributed by atoms with Crippen LogP contribution in [0.3, 0.4) is 0 Å². The second-order valence-corrected chi connectivity index (χ2v) is 3.62. The quantitative estimate of drug-likeness (QED) is 0.561. The third-order valence-corrected chi connectivity index (χ3v) is 2.35. The number of Topliss-reactive ketones (excluding diaryl/α,β-unsaturated/α-hetero) is 1. The summed E-state index contributed by atoms with van der Waals surface area (Å²) in [6, 6.07) is 4.93. The Hall–Kier alpha value is -1.13. The molecule has 0 radical (unpaired) electrons. The van der Waals surface area contributed by atoms with Crippen molar-refractivity contribution in [3.63, 3.8) is 0 Å². The van der Waals surface area contributed by atoms with Crippen molar-refractivity contribution in [2.45, 2.75) is 26.7 Å². The molecule has 0 aliphatic rings. The molecule has 0 unspecified atom stereocenters. The average Bonchev–Trinajstić information content (AvgIpc) is 2.17. The number of rotatable bonds is 4. The lowest BCUT2D eigenvalue weighted by molar-refractivity contribution is 0.0981. The second kappa shape index (κ2) is 5.10. The van der Waals surface area contributed by atoms with Gasteiger partial charge in [-0.2, -0.15) is 0 Å². The zero-order valence-electron chi connectivity index (χ0n) is 9.03. The van der Waals surface area contributed by atoms with Crippen molar-refractivity contribution in [1.29, 1.82) is 0 Å². The Labute approximate surface area is 89.9 Å². The van der Waals surface area contributed by atoms with Gasteiger partial charge in [-0.05, 0) is 24.9 Å². The molecule has 3 nitrogen and oxygen atoms in total. The van der Waals surface area contributed by atoms with Gasteiger partial charge < -0.3 is 10.0 Å². The fraction of sp³-hybridized carbons (Fsp3) is 0.364. The normalized spacial score (nSPS) is 10.1. The van der Waals surface area contributed by atoms with Gasteiger partial charge in [0.1, 0.15) is 0 Å². The molecule has 1 aromatic rings. The molecule has 1 aromatic carbocycles. The molecule has 0 bridgehead atoms. The largest absolute Gasteiger partial charge is 0.488 e. The molecule has 15 heavy (non-hydrogen) atoms. The van der Waals surface area contributed by atoms with Gasteiger partial charge in [0, 0.05) is 12.0 Å². The van der Waals surface area contributed by atoms with Crippen molar-refractivity contribution >= 4 is 18.4 Å². The summed E-state index contributed by atoms with van der Waals surface area (Å²) in [7, 11) is -1.47. The van der Waals surface area contributed by atoms with Crippen LogP contribution in [0.25, 0.3) is 0 Å². The zero-order valence-corrected chi connectivity index (χ0v) is 9.03. The zero-order chi connectivity index (χ0) is 11.4. The number of carbonyl (C=O) groups excluding carboxylic acids is 1. The number of hydrogen-bond donors (Lipinski definition) is 2. The maximum absolute atomic E-state index is 11.6. The van der Waals surface area contributed by atoms with E-state index in [0.29, 0.717) is 17.4 Å². The molecule has 0 amide bonds. The number of hydrogen-bond acceptors (Lipinski definition) is 3. The van der Waals surface area contributed by atoms with Crippen molar-refractivity contribution in [3.8, 4) is 0 Å². The van der Waals surface area contributed by atoms with Crippen LogP contribution in [-0.4, -0.2) is 22.9 Å². The molecule has 0 heterocycles. The van der Waals surface area contributed by atoms with Crippen molar-refractivity contribution in [3.05, 3.63) is 29.3 Å². The Kier molecular flexibility index (Phi) is 4.06. The molecular weight excluding hydrogens is 191 g/mol. The molecular formula is C11H15BO3. The minimum Gasteiger partial charge on any atom is -0.423 e. The summed E-state index contributed by atoms with van der Waals surface area (Å²) in [6.07, 6.45) is 1.35. The summed E-state index contributed by atoms with van der Waals surface area (Å²) in [6.45, 7) is 3.72. The lowest BCUT2D eigenvalue weighted by atomic mass is 9.76. The van der Waals surface area contributed by atoms with Gasteiger partial charge in [0.05, 0.1) is 0 Å². The van der Waals surface area contributed by atoms with E-state index in [9.17, 15) is 4.79 Å². The molecule has 2 N–H and O–H groups in total. The van der Waals surface area contributed by atoms with E-state index in [0.717, 1.165) is 12.0 Å². The molecule has 4 heteroatoms. The van der Waals surface area contributed by atoms with Crippen molar-refractivity contribution in [2.24, 2.45) is 0 Å². The molecule has 1 rings (SSSR count). The highest BCUT2D eigenvalue weighted by Crippen LogP contribution is 2.07. The van der Waals surface area contributed by atoms with Crippen LogP contribution in [0.1, 0.15) is 35.7 Å². The van der Waals surface area contributed by atoms with E-state index in [1.807, 2.05) is 6.92 Å². The molecule has 0 aromatic heterocycles. The molecule has 0 atom stereocenters. The van der Waals surface area contributed by atoms with Crippen molar-refractivity contribution < 1.29 is 14.8 Å². The molecule has 0 aliphatic heterocycles. The van der Waals surface area contributed by atoms with Gasteiger partial charge in [-0.3, -0.25) is 4.79 Å². The SMILES string of the molecule is CCCC(=O)c1ccc(B(O)O)c(C)c1. The molecule has 0 spiro atoms. The van der Waals surface area contributed by atoms with E-state index in [1.54, 1.807) is 25.1 Å². The summed E-state index contributed by atoms with van der Waals surface area (Å²) < 4.78 is 0. The van der Waals surface area contributed by atoms with Crippen LogP contribution in [0.4, 0.5) is 0 Å².